The summed E-state index contributed by atoms with van der Waals surface area (Å²) in [6.07, 6.45) is 3.66. The van der Waals surface area contributed by atoms with E-state index in [0.717, 1.165) is 10.9 Å². The average Bonchev–Trinajstić information content (AvgIpc) is 2.82. The summed E-state index contributed by atoms with van der Waals surface area (Å²) in [6.45, 7) is 9.57. The van der Waals surface area contributed by atoms with Crippen molar-refractivity contribution in [2.75, 3.05) is 0 Å². The minimum Gasteiger partial charge on any atom is -0.325 e. The molecule has 104 valence electrons. The number of rotatable bonds is 1. The maximum atomic E-state index is 6.02. The van der Waals surface area contributed by atoms with Gasteiger partial charge in [0.25, 0.3) is 0 Å². The fraction of sp³-hybridized carbons (Fsp3) is 0.667. The Bertz CT molecular complexity index is 615. The van der Waals surface area contributed by atoms with E-state index in [1.54, 1.807) is 0 Å². The van der Waals surface area contributed by atoms with Crippen LogP contribution in [0.4, 0.5) is 0 Å². The van der Waals surface area contributed by atoms with Crippen molar-refractivity contribution < 1.29 is 0 Å². The molecule has 0 aliphatic heterocycles. The predicted octanol–water partition coefficient (Wildman–Crippen LogP) is 3.28. The molecule has 0 radical (unpaired) electrons. The molecule has 19 heavy (non-hydrogen) atoms. The van der Waals surface area contributed by atoms with Crippen LogP contribution in [-0.4, -0.2) is 9.38 Å². The van der Waals surface area contributed by atoms with Crippen LogP contribution in [-0.2, 0) is 24.8 Å². The molecule has 2 aromatic rings. The van der Waals surface area contributed by atoms with Crippen LogP contribution in [0.2, 0.25) is 0 Å². The highest BCUT2D eigenvalue weighted by atomic mass is 32.1. The average molecular weight is 277 g/mol. The van der Waals surface area contributed by atoms with Gasteiger partial charge in [0, 0.05) is 22.5 Å². The molecular weight excluding hydrogens is 254 g/mol. The van der Waals surface area contributed by atoms with Gasteiger partial charge in [-0.05, 0) is 25.2 Å². The van der Waals surface area contributed by atoms with Gasteiger partial charge in [-0.15, -0.1) is 11.3 Å². The number of aryl methyl sites for hydroxylation is 1. The van der Waals surface area contributed by atoms with E-state index in [2.05, 4.69) is 32.1 Å². The summed E-state index contributed by atoms with van der Waals surface area (Å²) in [6, 6.07) is 0. The highest BCUT2D eigenvalue weighted by Gasteiger charge is 2.28. The number of hydrogen-bond donors (Lipinski definition) is 1. The summed E-state index contributed by atoms with van der Waals surface area (Å²) in [4.78, 5) is 7.55. The molecule has 1 aliphatic rings. The normalized spacial score (nSPS) is 19.9. The van der Waals surface area contributed by atoms with Crippen LogP contribution < -0.4 is 5.73 Å². The zero-order chi connectivity index (χ0) is 13.8. The number of nitrogens with zero attached hydrogens (tertiary/aromatic N) is 2. The summed E-state index contributed by atoms with van der Waals surface area (Å²) in [5.74, 6) is 0.805. The van der Waals surface area contributed by atoms with Crippen LogP contribution in [0.25, 0.3) is 4.96 Å². The number of nitrogens with two attached hydrogens (primary N) is 1. The van der Waals surface area contributed by atoms with Crippen molar-refractivity contribution >= 4 is 16.3 Å². The quantitative estimate of drug-likeness (QED) is 0.869. The third kappa shape index (κ3) is 2.01. The van der Waals surface area contributed by atoms with E-state index in [1.807, 2.05) is 11.3 Å². The molecule has 2 heterocycles. The highest BCUT2D eigenvalue weighted by Crippen LogP contribution is 2.36. The van der Waals surface area contributed by atoms with E-state index in [4.69, 9.17) is 10.7 Å². The summed E-state index contributed by atoms with van der Waals surface area (Å²) in [7, 11) is 0. The molecule has 4 heteroatoms. The number of thiazole rings is 1. The summed E-state index contributed by atoms with van der Waals surface area (Å²) in [5, 5.41) is 0. The second-order valence-corrected chi connectivity index (χ2v) is 7.86. The minimum atomic E-state index is 0.0648. The lowest BCUT2D eigenvalue weighted by Gasteiger charge is -2.20. The van der Waals surface area contributed by atoms with Gasteiger partial charge < -0.3 is 5.73 Å². The first kappa shape index (κ1) is 13.1. The van der Waals surface area contributed by atoms with Crippen LogP contribution in [0.1, 0.15) is 56.1 Å². The molecule has 0 bridgehead atoms. The summed E-state index contributed by atoms with van der Waals surface area (Å²) >= 11 is 1.87. The maximum Gasteiger partial charge on any atom is 0.194 e. The Balaban J connectivity index is 2.23. The first-order chi connectivity index (χ1) is 8.91. The lowest BCUT2D eigenvalue weighted by Crippen LogP contribution is -2.18. The van der Waals surface area contributed by atoms with Crippen LogP contribution in [0.15, 0.2) is 0 Å². The first-order valence-corrected chi connectivity index (χ1v) is 7.96. The molecule has 1 unspecified atom stereocenters. The van der Waals surface area contributed by atoms with Crippen molar-refractivity contribution in [2.24, 2.45) is 11.7 Å². The van der Waals surface area contributed by atoms with Gasteiger partial charge in [0.1, 0.15) is 0 Å². The molecular formula is C15H23N3S. The van der Waals surface area contributed by atoms with Crippen LogP contribution in [0.3, 0.4) is 0 Å². The molecule has 3 rings (SSSR count). The Morgan fingerprint density at radius 2 is 2.16 bits per heavy atom. The Hall–Kier alpha value is -0.870. The highest BCUT2D eigenvalue weighted by molar-refractivity contribution is 7.17. The van der Waals surface area contributed by atoms with Gasteiger partial charge in [-0.3, -0.25) is 4.40 Å². The number of imidazole rings is 1. The molecule has 2 aromatic heterocycles. The van der Waals surface area contributed by atoms with Crippen molar-refractivity contribution in [2.45, 2.75) is 58.9 Å². The number of hydrogen-bond acceptors (Lipinski definition) is 3. The van der Waals surface area contributed by atoms with E-state index >= 15 is 0 Å². The third-order valence-electron chi connectivity index (χ3n) is 4.06. The second-order valence-electron chi connectivity index (χ2n) is 6.80. The topological polar surface area (TPSA) is 43.3 Å². The standard InChI is InChI=1S/C15H23N3S/c1-9-5-6-10-12(7-9)19-14-17-13(15(2,3)4)11(8-16)18(10)14/h9H,5-8,16H2,1-4H3. The molecule has 0 aromatic carbocycles. The molecule has 1 aliphatic carbocycles. The van der Waals surface area contributed by atoms with Gasteiger partial charge in [0.15, 0.2) is 4.96 Å². The molecule has 1 atom stereocenters. The van der Waals surface area contributed by atoms with Gasteiger partial charge >= 0.3 is 0 Å². The lowest BCUT2D eigenvalue weighted by atomic mass is 9.90. The zero-order valence-corrected chi connectivity index (χ0v) is 13.1. The van der Waals surface area contributed by atoms with Gasteiger partial charge in [0.2, 0.25) is 0 Å². The molecule has 0 saturated heterocycles. The lowest BCUT2D eigenvalue weighted by molar-refractivity contribution is 0.497. The third-order valence-corrected chi connectivity index (χ3v) is 5.16. The monoisotopic (exact) mass is 277 g/mol. The predicted molar refractivity (Wildman–Crippen MR) is 80.8 cm³/mol. The molecule has 0 amide bonds. The smallest absolute Gasteiger partial charge is 0.194 e. The summed E-state index contributed by atoms with van der Waals surface area (Å²) < 4.78 is 2.35. The number of aromatic nitrogens is 2. The van der Waals surface area contributed by atoms with Crippen molar-refractivity contribution in [3.8, 4) is 0 Å². The van der Waals surface area contributed by atoms with E-state index < -0.39 is 0 Å². The molecule has 0 saturated carbocycles. The Labute approximate surface area is 118 Å². The van der Waals surface area contributed by atoms with Crippen LogP contribution in [0.5, 0.6) is 0 Å². The fourth-order valence-corrected chi connectivity index (χ4v) is 4.42. The van der Waals surface area contributed by atoms with E-state index in [9.17, 15) is 0 Å². The minimum absolute atomic E-state index is 0.0648. The Kier molecular flexibility index (Phi) is 2.98. The van der Waals surface area contributed by atoms with Crippen LogP contribution in [0, 0.1) is 5.92 Å². The van der Waals surface area contributed by atoms with E-state index in [-0.39, 0.29) is 5.41 Å². The maximum absolute atomic E-state index is 6.02. The van der Waals surface area contributed by atoms with Gasteiger partial charge in [-0.25, -0.2) is 4.98 Å². The zero-order valence-electron chi connectivity index (χ0n) is 12.3. The summed E-state index contributed by atoms with van der Waals surface area (Å²) in [5.41, 5.74) is 9.95. The SMILES string of the molecule is CC1CCc2c(sc3nc(C(C)(C)C)c(CN)n23)C1. The molecule has 2 N–H and O–H groups in total. The largest absolute Gasteiger partial charge is 0.325 e. The Morgan fingerprint density at radius 3 is 2.79 bits per heavy atom. The van der Waals surface area contributed by atoms with Gasteiger partial charge in [-0.1, -0.05) is 27.7 Å². The first-order valence-electron chi connectivity index (χ1n) is 7.14. The van der Waals surface area contributed by atoms with Crippen molar-refractivity contribution in [1.82, 2.24) is 9.38 Å². The number of fused-ring (bicyclic) bond motifs is 3. The van der Waals surface area contributed by atoms with Crippen LogP contribution >= 0.6 is 11.3 Å². The Morgan fingerprint density at radius 1 is 1.42 bits per heavy atom. The van der Waals surface area contributed by atoms with Crippen molar-refractivity contribution in [3.05, 3.63) is 22.0 Å². The van der Waals surface area contributed by atoms with Crippen molar-refractivity contribution in [1.29, 1.82) is 0 Å². The van der Waals surface area contributed by atoms with Gasteiger partial charge in [-0.2, -0.15) is 0 Å². The fourth-order valence-electron chi connectivity index (χ4n) is 3.07. The molecule has 3 nitrogen and oxygen atoms in total. The molecule has 0 fully saturated rings. The van der Waals surface area contributed by atoms with E-state index in [1.165, 1.54) is 41.2 Å². The van der Waals surface area contributed by atoms with E-state index in [0.29, 0.717) is 6.54 Å². The molecule has 0 spiro atoms. The van der Waals surface area contributed by atoms with Gasteiger partial charge in [0.05, 0.1) is 11.4 Å². The van der Waals surface area contributed by atoms with Crippen molar-refractivity contribution in [3.63, 3.8) is 0 Å². The second kappa shape index (κ2) is 4.32.